The zero-order valence-electron chi connectivity index (χ0n) is 15.8. The predicted octanol–water partition coefficient (Wildman–Crippen LogP) is 2.31. The van der Waals surface area contributed by atoms with Gasteiger partial charge in [-0.05, 0) is 37.7 Å². The van der Waals surface area contributed by atoms with Gasteiger partial charge in [0.05, 0.1) is 10.6 Å². The van der Waals surface area contributed by atoms with Crippen LogP contribution in [0.15, 0.2) is 59.5 Å². The van der Waals surface area contributed by atoms with Crippen LogP contribution in [-0.2, 0) is 14.8 Å². The fourth-order valence-corrected chi connectivity index (χ4v) is 4.04. The zero-order valence-corrected chi connectivity index (χ0v) is 16.6. The van der Waals surface area contributed by atoms with Crippen LogP contribution in [0.5, 0.6) is 0 Å². The highest BCUT2D eigenvalue weighted by Gasteiger charge is 2.25. The average Bonchev–Trinajstić information content (AvgIpc) is 2.66. The molecule has 2 N–H and O–H groups in total. The Morgan fingerprint density at radius 3 is 2.30 bits per heavy atom. The molecule has 2 aromatic carbocycles. The summed E-state index contributed by atoms with van der Waals surface area (Å²) >= 11 is 0. The number of nitrogens with one attached hydrogen (secondary N) is 2. The van der Waals surface area contributed by atoms with Crippen molar-refractivity contribution in [1.82, 2.24) is 10.6 Å². The molecule has 6 nitrogen and oxygen atoms in total. The summed E-state index contributed by atoms with van der Waals surface area (Å²) in [5.74, 6) is -0.173. The number of para-hydroxylation sites is 1. The number of hydrogen-bond donors (Lipinski definition) is 2. The number of anilines is 1. The van der Waals surface area contributed by atoms with E-state index >= 15 is 0 Å². The van der Waals surface area contributed by atoms with Gasteiger partial charge < -0.3 is 10.6 Å². The van der Waals surface area contributed by atoms with Crippen molar-refractivity contribution in [2.45, 2.75) is 25.2 Å². The molecule has 2 rings (SSSR count). The van der Waals surface area contributed by atoms with E-state index in [9.17, 15) is 13.2 Å². The van der Waals surface area contributed by atoms with Gasteiger partial charge in [0.2, 0.25) is 5.91 Å². The molecular weight excluding hydrogens is 362 g/mol. The van der Waals surface area contributed by atoms with Gasteiger partial charge in [-0.1, -0.05) is 42.8 Å². The lowest BCUT2D eigenvalue weighted by Gasteiger charge is -2.24. The lowest BCUT2D eigenvalue weighted by atomic mass is 10.2. The highest BCUT2D eigenvalue weighted by Crippen LogP contribution is 2.24. The Hall–Kier alpha value is -2.38. The molecule has 0 aliphatic rings. The summed E-state index contributed by atoms with van der Waals surface area (Å²) in [5, 5.41) is 5.92. The highest BCUT2D eigenvalue weighted by atomic mass is 32.2. The van der Waals surface area contributed by atoms with E-state index in [1.807, 2.05) is 19.9 Å². The molecule has 1 amide bonds. The maximum Gasteiger partial charge on any atom is 0.264 e. The number of sulfonamides is 1. The highest BCUT2D eigenvalue weighted by molar-refractivity contribution is 7.92. The largest absolute Gasteiger partial charge is 0.355 e. The Bertz CT molecular complexity index is 821. The van der Waals surface area contributed by atoms with Crippen molar-refractivity contribution in [2.24, 2.45) is 0 Å². The summed E-state index contributed by atoms with van der Waals surface area (Å²) in [7, 11) is -3.75. The molecule has 0 unspecified atom stereocenters. The minimum atomic E-state index is -3.75. The SMILES string of the molecule is CCNCCNC(=O)CCN(c1ccccc1)S(=O)(=O)c1ccc(C)cc1. The van der Waals surface area contributed by atoms with E-state index in [0.29, 0.717) is 18.8 Å². The number of amides is 1. The van der Waals surface area contributed by atoms with Gasteiger partial charge >= 0.3 is 0 Å². The molecule has 2 aromatic rings. The molecule has 0 aromatic heterocycles. The van der Waals surface area contributed by atoms with Gasteiger partial charge in [-0.2, -0.15) is 0 Å². The quantitative estimate of drug-likeness (QED) is 0.611. The maximum atomic E-state index is 13.1. The topological polar surface area (TPSA) is 78.5 Å². The van der Waals surface area contributed by atoms with Crippen LogP contribution in [-0.4, -0.2) is 40.5 Å². The number of carbonyl (C=O) groups excluding carboxylic acids is 1. The first kappa shape index (κ1) is 20.9. The molecule has 0 aliphatic carbocycles. The molecular formula is C20H27N3O3S. The van der Waals surface area contributed by atoms with Gasteiger partial charge in [0, 0.05) is 26.1 Å². The second-order valence-corrected chi connectivity index (χ2v) is 8.04. The molecule has 0 fully saturated rings. The summed E-state index contributed by atoms with van der Waals surface area (Å²) in [6, 6.07) is 15.6. The Morgan fingerprint density at radius 1 is 1.00 bits per heavy atom. The van der Waals surface area contributed by atoms with Crippen molar-refractivity contribution < 1.29 is 13.2 Å². The summed E-state index contributed by atoms with van der Waals surface area (Å²) in [6.07, 6.45) is 0.0894. The third-order valence-corrected chi connectivity index (χ3v) is 5.91. The second kappa shape index (κ2) is 10.1. The van der Waals surface area contributed by atoms with Crippen molar-refractivity contribution in [3.05, 3.63) is 60.2 Å². The fourth-order valence-electron chi connectivity index (χ4n) is 2.58. The molecule has 0 bridgehead atoms. The number of carbonyl (C=O) groups is 1. The van der Waals surface area contributed by atoms with Crippen LogP contribution < -0.4 is 14.9 Å². The lowest BCUT2D eigenvalue weighted by molar-refractivity contribution is -0.120. The third kappa shape index (κ3) is 6.08. The maximum absolute atomic E-state index is 13.1. The molecule has 0 atom stereocenters. The van der Waals surface area contributed by atoms with E-state index < -0.39 is 10.0 Å². The van der Waals surface area contributed by atoms with Crippen LogP contribution in [0.25, 0.3) is 0 Å². The van der Waals surface area contributed by atoms with Crippen LogP contribution in [0.4, 0.5) is 5.69 Å². The Labute approximate surface area is 161 Å². The van der Waals surface area contributed by atoms with Gasteiger partial charge in [-0.25, -0.2) is 8.42 Å². The molecule has 7 heteroatoms. The number of aryl methyl sites for hydroxylation is 1. The lowest BCUT2D eigenvalue weighted by Crippen LogP contribution is -2.37. The predicted molar refractivity (Wildman–Crippen MR) is 108 cm³/mol. The Morgan fingerprint density at radius 2 is 1.67 bits per heavy atom. The summed E-state index contributed by atoms with van der Waals surface area (Å²) in [5.41, 5.74) is 1.53. The van der Waals surface area contributed by atoms with E-state index in [2.05, 4.69) is 10.6 Å². The van der Waals surface area contributed by atoms with Crippen molar-refractivity contribution >= 4 is 21.6 Å². The zero-order chi connectivity index (χ0) is 19.7. The first-order chi connectivity index (χ1) is 12.9. The van der Waals surface area contributed by atoms with E-state index in [-0.39, 0.29) is 23.8 Å². The van der Waals surface area contributed by atoms with Crippen LogP contribution in [0, 0.1) is 6.92 Å². The van der Waals surface area contributed by atoms with Gasteiger partial charge in [0.15, 0.2) is 0 Å². The molecule has 0 aliphatic heterocycles. The summed E-state index contributed by atoms with van der Waals surface area (Å²) in [4.78, 5) is 12.3. The van der Waals surface area contributed by atoms with Crippen LogP contribution in [0.2, 0.25) is 0 Å². The minimum absolute atomic E-state index is 0.0766. The first-order valence-corrected chi connectivity index (χ1v) is 10.5. The molecule has 0 spiro atoms. The number of rotatable bonds is 10. The fraction of sp³-hybridized carbons (Fsp3) is 0.350. The Kier molecular flexibility index (Phi) is 7.82. The number of benzene rings is 2. The smallest absolute Gasteiger partial charge is 0.264 e. The van der Waals surface area contributed by atoms with Crippen molar-refractivity contribution in [3.63, 3.8) is 0 Å². The van der Waals surface area contributed by atoms with Crippen LogP contribution in [0.1, 0.15) is 18.9 Å². The number of likely N-dealkylation sites (N-methyl/N-ethyl adjacent to an activating group) is 1. The average molecular weight is 390 g/mol. The molecule has 0 heterocycles. The van der Waals surface area contributed by atoms with Gasteiger partial charge in [-0.3, -0.25) is 9.10 Å². The third-order valence-electron chi connectivity index (χ3n) is 4.07. The molecule has 146 valence electrons. The Balaban J connectivity index is 2.15. The summed E-state index contributed by atoms with van der Waals surface area (Å²) in [6.45, 7) is 6.02. The molecule has 0 radical (unpaired) electrons. The van der Waals surface area contributed by atoms with Gasteiger partial charge in [-0.15, -0.1) is 0 Å². The van der Waals surface area contributed by atoms with Crippen molar-refractivity contribution in [1.29, 1.82) is 0 Å². The van der Waals surface area contributed by atoms with E-state index in [1.54, 1.807) is 48.5 Å². The minimum Gasteiger partial charge on any atom is -0.355 e. The first-order valence-electron chi connectivity index (χ1n) is 9.07. The van der Waals surface area contributed by atoms with E-state index in [4.69, 9.17) is 0 Å². The van der Waals surface area contributed by atoms with E-state index in [0.717, 1.165) is 12.1 Å². The van der Waals surface area contributed by atoms with Crippen molar-refractivity contribution in [2.75, 3.05) is 30.5 Å². The molecule has 0 saturated heterocycles. The normalized spacial score (nSPS) is 11.2. The monoisotopic (exact) mass is 389 g/mol. The molecule has 27 heavy (non-hydrogen) atoms. The van der Waals surface area contributed by atoms with Crippen LogP contribution >= 0.6 is 0 Å². The van der Waals surface area contributed by atoms with E-state index in [1.165, 1.54) is 4.31 Å². The second-order valence-electron chi connectivity index (χ2n) is 6.18. The van der Waals surface area contributed by atoms with Gasteiger partial charge in [0.25, 0.3) is 10.0 Å². The van der Waals surface area contributed by atoms with Crippen LogP contribution in [0.3, 0.4) is 0 Å². The standard InChI is InChI=1S/C20H27N3O3S/c1-3-21-14-15-22-20(24)13-16-23(18-7-5-4-6-8-18)27(25,26)19-11-9-17(2)10-12-19/h4-12,21H,3,13-16H2,1-2H3,(H,22,24). The van der Waals surface area contributed by atoms with Crippen molar-refractivity contribution in [3.8, 4) is 0 Å². The number of nitrogens with zero attached hydrogens (tertiary/aromatic N) is 1. The number of hydrogen-bond acceptors (Lipinski definition) is 4. The molecule has 0 saturated carbocycles. The summed E-state index contributed by atoms with van der Waals surface area (Å²) < 4.78 is 27.6. The van der Waals surface area contributed by atoms with Gasteiger partial charge in [0.1, 0.15) is 0 Å².